The first kappa shape index (κ1) is 17.9. The van der Waals surface area contributed by atoms with E-state index < -0.39 is 5.60 Å². The minimum Gasteiger partial charge on any atom is -0.390 e. The highest BCUT2D eigenvalue weighted by Crippen LogP contribution is 2.37. The Bertz CT molecular complexity index is 466. The molecule has 2 nitrogen and oxygen atoms in total. The van der Waals surface area contributed by atoms with Crippen molar-refractivity contribution in [2.24, 2.45) is 5.92 Å². The van der Waals surface area contributed by atoms with Crippen LogP contribution in [0.5, 0.6) is 0 Å². The normalized spacial score (nSPS) is 29.8. The van der Waals surface area contributed by atoms with Gasteiger partial charge in [-0.15, -0.1) is 0 Å². The molecule has 1 aromatic carbocycles. The number of aliphatic hydroxyl groups is 1. The van der Waals surface area contributed by atoms with Crippen LogP contribution in [-0.2, 0) is 6.42 Å². The van der Waals surface area contributed by atoms with Gasteiger partial charge in [-0.3, -0.25) is 0 Å². The lowest BCUT2D eigenvalue weighted by molar-refractivity contribution is -0.0435. The molecule has 1 aliphatic heterocycles. The summed E-state index contributed by atoms with van der Waals surface area (Å²) in [6, 6.07) is 10.7. The van der Waals surface area contributed by atoms with E-state index in [1.54, 1.807) is 0 Å². The molecule has 1 aromatic rings. The third-order valence-corrected chi connectivity index (χ3v) is 6.29. The molecule has 0 spiro atoms. The summed E-state index contributed by atoms with van der Waals surface area (Å²) < 4.78 is 0. The first-order chi connectivity index (χ1) is 11.8. The van der Waals surface area contributed by atoms with Gasteiger partial charge in [-0.1, -0.05) is 62.4 Å². The molecule has 2 heteroatoms. The molecule has 1 aliphatic carbocycles. The molecule has 134 valence electrons. The Morgan fingerprint density at radius 2 is 1.62 bits per heavy atom. The van der Waals surface area contributed by atoms with Crippen LogP contribution < -0.4 is 0 Å². The van der Waals surface area contributed by atoms with Gasteiger partial charge >= 0.3 is 0 Å². The molecule has 2 aliphatic rings. The zero-order valence-electron chi connectivity index (χ0n) is 15.3. The van der Waals surface area contributed by atoms with Crippen LogP contribution in [-0.4, -0.2) is 35.2 Å². The van der Waals surface area contributed by atoms with Crippen LogP contribution in [0.2, 0.25) is 0 Å². The molecule has 0 amide bonds. The average molecular weight is 330 g/mol. The second kappa shape index (κ2) is 9.01. The number of likely N-dealkylation sites (tertiary alicyclic amines) is 1. The van der Waals surface area contributed by atoms with Crippen molar-refractivity contribution in [3.8, 4) is 0 Å². The Labute approximate surface area is 148 Å². The molecule has 2 unspecified atom stereocenters. The fourth-order valence-electron chi connectivity index (χ4n) is 4.70. The summed E-state index contributed by atoms with van der Waals surface area (Å²) in [6.45, 7) is 3.60. The molecule has 1 N–H and O–H groups in total. The van der Waals surface area contributed by atoms with E-state index >= 15 is 0 Å². The van der Waals surface area contributed by atoms with E-state index in [4.69, 9.17) is 0 Å². The van der Waals surface area contributed by atoms with Crippen molar-refractivity contribution in [3.05, 3.63) is 35.9 Å². The monoisotopic (exact) mass is 329 g/mol. The van der Waals surface area contributed by atoms with Crippen LogP contribution in [0.25, 0.3) is 0 Å². The average Bonchev–Trinajstić information content (AvgIpc) is 2.97. The zero-order chi connectivity index (χ0) is 16.7. The summed E-state index contributed by atoms with van der Waals surface area (Å²) in [7, 11) is 0. The highest BCUT2D eigenvalue weighted by Gasteiger charge is 2.37. The lowest BCUT2D eigenvalue weighted by atomic mass is 9.78. The summed E-state index contributed by atoms with van der Waals surface area (Å²) in [6.07, 6.45) is 13.4. The number of hydrogen-bond acceptors (Lipinski definition) is 2. The van der Waals surface area contributed by atoms with Crippen LogP contribution in [0.4, 0.5) is 0 Å². The van der Waals surface area contributed by atoms with Gasteiger partial charge in [-0.2, -0.15) is 0 Å². The number of rotatable bonds is 5. The first-order valence-electron chi connectivity index (χ1n) is 10.2. The quantitative estimate of drug-likeness (QED) is 0.784. The van der Waals surface area contributed by atoms with Crippen molar-refractivity contribution >= 4 is 0 Å². The van der Waals surface area contributed by atoms with E-state index in [2.05, 4.69) is 35.2 Å². The number of nitrogens with zero attached hydrogens (tertiary/aromatic N) is 1. The fourth-order valence-corrected chi connectivity index (χ4v) is 4.70. The molecule has 1 saturated heterocycles. The van der Waals surface area contributed by atoms with Gasteiger partial charge in [-0.25, -0.2) is 0 Å². The van der Waals surface area contributed by atoms with Crippen LogP contribution in [0.1, 0.15) is 69.8 Å². The van der Waals surface area contributed by atoms with Crippen LogP contribution >= 0.6 is 0 Å². The van der Waals surface area contributed by atoms with Gasteiger partial charge in [0.15, 0.2) is 0 Å². The SMILES string of the molecule is OC1(CCc2ccccc2)CCCCCC1CN1CCCCCC1. The molecule has 0 aromatic heterocycles. The largest absolute Gasteiger partial charge is 0.390 e. The summed E-state index contributed by atoms with van der Waals surface area (Å²) >= 11 is 0. The van der Waals surface area contributed by atoms with E-state index in [0.717, 1.165) is 25.8 Å². The lowest BCUT2D eigenvalue weighted by Gasteiger charge is -2.38. The van der Waals surface area contributed by atoms with Crippen LogP contribution in [0.15, 0.2) is 30.3 Å². The Hall–Kier alpha value is -0.860. The maximum Gasteiger partial charge on any atom is 0.0691 e. The topological polar surface area (TPSA) is 23.5 Å². The summed E-state index contributed by atoms with van der Waals surface area (Å²) in [4.78, 5) is 2.65. The van der Waals surface area contributed by atoms with Crippen molar-refractivity contribution in [1.29, 1.82) is 0 Å². The fraction of sp³-hybridized carbons (Fsp3) is 0.727. The van der Waals surface area contributed by atoms with E-state index in [0.29, 0.717) is 5.92 Å². The Morgan fingerprint density at radius 3 is 2.38 bits per heavy atom. The highest BCUT2D eigenvalue weighted by molar-refractivity contribution is 5.15. The van der Waals surface area contributed by atoms with Gasteiger partial charge in [0.1, 0.15) is 0 Å². The van der Waals surface area contributed by atoms with Gasteiger partial charge in [0.05, 0.1) is 5.60 Å². The predicted molar refractivity (Wildman–Crippen MR) is 101 cm³/mol. The standard InChI is InChI=1S/C22H35NO/c24-22(16-14-20-11-5-3-6-12-20)15-8-4-7-13-21(22)19-23-17-9-1-2-10-18-23/h3,5-6,11-12,21,24H,1-2,4,7-10,13-19H2. The second-order valence-corrected chi connectivity index (χ2v) is 8.10. The van der Waals surface area contributed by atoms with Gasteiger partial charge < -0.3 is 10.0 Å². The Morgan fingerprint density at radius 1 is 0.917 bits per heavy atom. The molecule has 24 heavy (non-hydrogen) atoms. The number of benzene rings is 1. The zero-order valence-corrected chi connectivity index (χ0v) is 15.3. The molecular formula is C22H35NO. The highest BCUT2D eigenvalue weighted by atomic mass is 16.3. The maximum atomic E-state index is 11.5. The summed E-state index contributed by atoms with van der Waals surface area (Å²) in [5, 5.41) is 11.5. The van der Waals surface area contributed by atoms with Gasteiger partial charge in [0.25, 0.3) is 0 Å². The third-order valence-electron chi connectivity index (χ3n) is 6.29. The maximum absolute atomic E-state index is 11.5. The second-order valence-electron chi connectivity index (χ2n) is 8.10. The third kappa shape index (κ3) is 5.07. The minimum absolute atomic E-state index is 0.460. The molecule has 2 fully saturated rings. The predicted octanol–water partition coefficient (Wildman–Crippen LogP) is 4.81. The van der Waals surface area contributed by atoms with Crippen molar-refractivity contribution in [1.82, 2.24) is 4.90 Å². The Kier molecular flexibility index (Phi) is 6.74. The first-order valence-corrected chi connectivity index (χ1v) is 10.2. The van der Waals surface area contributed by atoms with Crippen LogP contribution in [0, 0.1) is 5.92 Å². The van der Waals surface area contributed by atoms with E-state index in [-0.39, 0.29) is 0 Å². The molecule has 1 saturated carbocycles. The van der Waals surface area contributed by atoms with Crippen molar-refractivity contribution < 1.29 is 5.11 Å². The molecule has 1 heterocycles. The number of aryl methyl sites for hydroxylation is 1. The lowest BCUT2D eigenvalue weighted by Crippen LogP contribution is -2.44. The van der Waals surface area contributed by atoms with Gasteiger partial charge in [0, 0.05) is 12.5 Å². The van der Waals surface area contributed by atoms with Gasteiger partial charge in [0.2, 0.25) is 0 Å². The molecule has 3 rings (SSSR count). The Balaban J connectivity index is 1.63. The van der Waals surface area contributed by atoms with Crippen molar-refractivity contribution in [3.63, 3.8) is 0 Å². The van der Waals surface area contributed by atoms with Gasteiger partial charge in [-0.05, 0) is 57.2 Å². The molecule has 0 bridgehead atoms. The number of hydrogen-bond donors (Lipinski definition) is 1. The van der Waals surface area contributed by atoms with E-state index in [1.807, 2.05) is 0 Å². The smallest absolute Gasteiger partial charge is 0.0691 e. The van der Waals surface area contributed by atoms with E-state index in [1.165, 1.54) is 70.0 Å². The van der Waals surface area contributed by atoms with Crippen LogP contribution in [0.3, 0.4) is 0 Å². The minimum atomic E-state index is -0.460. The molecular weight excluding hydrogens is 294 g/mol. The summed E-state index contributed by atoms with van der Waals surface area (Å²) in [5.74, 6) is 0.460. The van der Waals surface area contributed by atoms with Crippen molar-refractivity contribution in [2.45, 2.75) is 76.2 Å². The summed E-state index contributed by atoms with van der Waals surface area (Å²) in [5.41, 5.74) is 0.905. The van der Waals surface area contributed by atoms with Crippen molar-refractivity contribution in [2.75, 3.05) is 19.6 Å². The molecule has 0 radical (unpaired) electrons. The van der Waals surface area contributed by atoms with E-state index in [9.17, 15) is 5.11 Å². The molecule has 2 atom stereocenters.